The third kappa shape index (κ3) is 4.51. The van der Waals surface area contributed by atoms with E-state index in [1.165, 1.54) is 0 Å². The highest BCUT2D eigenvalue weighted by atomic mass is 16.3. The molecule has 25 heavy (non-hydrogen) atoms. The highest BCUT2D eigenvalue weighted by molar-refractivity contribution is 5.93. The molecule has 2 N–H and O–H groups in total. The Morgan fingerprint density at radius 3 is 2.72 bits per heavy atom. The van der Waals surface area contributed by atoms with E-state index >= 15 is 0 Å². The number of nitrogens with one attached hydrogen (secondary N) is 1. The lowest BCUT2D eigenvalue weighted by molar-refractivity contribution is -0.119. The second kappa shape index (κ2) is 8.34. The van der Waals surface area contributed by atoms with Crippen molar-refractivity contribution in [3.8, 4) is 0 Å². The van der Waals surface area contributed by atoms with Gasteiger partial charge in [-0.3, -0.25) is 4.79 Å². The van der Waals surface area contributed by atoms with Gasteiger partial charge in [-0.1, -0.05) is 12.1 Å². The summed E-state index contributed by atoms with van der Waals surface area (Å²) in [5, 5.41) is 13.0. The molecule has 3 rings (SSSR count). The predicted molar refractivity (Wildman–Crippen MR) is 99.7 cm³/mol. The van der Waals surface area contributed by atoms with Crippen LogP contribution in [0.5, 0.6) is 0 Å². The number of amides is 1. The Kier molecular flexibility index (Phi) is 5.91. The molecule has 6 nitrogen and oxygen atoms in total. The standard InChI is InChI=1S/C19H28N4O2/c1-2-20-19(22-12-10-17(24)14-22)21-13-15-6-8-16(9-7-15)23-11-4-3-5-18(23)25/h6-9,17,24H,2-5,10-14H2,1H3,(H,20,21)/t17-/m1/s1. The van der Waals surface area contributed by atoms with E-state index in [1.807, 2.05) is 36.1 Å². The zero-order valence-corrected chi connectivity index (χ0v) is 14.9. The summed E-state index contributed by atoms with van der Waals surface area (Å²) >= 11 is 0. The second-order valence-corrected chi connectivity index (χ2v) is 6.73. The molecule has 0 bridgehead atoms. The molecule has 0 saturated carbocycles. The number of guanidine groups is 1. The van der Waals surface area contributed by atoms with Crippen LogP contribution in [0.25, 0.3) is 0 Å². The zero-order valence-electron chi connectivity index (χ0n) is 14.9. The maximum Gasteiger partial charge on any atom is 0.226 e. The fraction of sp³-hybridized carbons (Fsp3) is 0.579. The molecule has 1 amide bonds. The van der Waals surface area contributed by atoms with Crippen LogP contribution in [0.4, 0.5) is 5.69 Å². The van der Waals surface area contributed by atoms with Gasteiger partial charge < -0.3 is 20.2 Å². The molecule has 0 unspecified atom stereocenters. The average Bonchev–Trinajstić information content (AvgIpc) is 3.06. The summed E-state index contributed by atoms with van der Waals surface area (Å²) in [6, 6.07) is 8.12. The van der Waals surface area contributed by atoms with Crippen LogP contribution in [0, 0.1) is 0 Å². The van der Waals surface area contributed by atoms with E-state index in [0.29, 0.717) is 19.5 Å². The third-order valence-corrected chi connectivity index (χ3v) is 4.78. The molecule has 2 aliphatic rings. The van der Waals surface area contributed by atoms with Gasteiger partial charge in [0.2, 0.25) is 5.91 Å². The first-order valence-corrected chi connectivity index (χ1v) is 9.28. The van der Waals surface area contributed by atoms with Crippen molar-refractivity contribution in [3.63, 3.8) is 0 Å². The maximum absolute atomic E-state index is 12.0. The first-order valence-electron chi connectivity index (χ1n) is 9.28. The number of aliphatic hydroxyl groups is 1. The largest absolute Gasteiger partial charge is 0.391 e. The molecule has 2 saturated heterocycles. The van der Waals surface area contributed by atoms with Crippen molar-refractivity contribution in [2.45, 2.75) is 45.3 Å². The van der Waals surface area contributed by atoms with Gasteiger partial charge in [0.15, 0.2) is 5.96 Å². The van der Waals surface area contributed by atoms with Crippen molar-refractivity contribution in [2.75, 3.05) is 31.1 Å². The number of rotatable bonds is 4. The lowest BCUT2D eigenvalue weighted by Crippen LogP contribution is -2.40. The van der Waals surface area contributed by atoms with Crippen LogP contribution in [-0.2, 0) is 11.3 Å². The molecule has 0 aliphatic carbocycles. The minimum atomic E-state index is -0.259. The van der Waals surface area contributed by atoms with Crippen molar-refractivity contribution >= 4 is 17.6 Å². The number of hydrogen-bond donors (Lipinski definition) is 2. The lowest BCUT2D eigenvalue weighted by Gasteiger charge is -2.26. The van der Waals surface area contributed by atoms with Crippen LogP contribution < -0.4 is 10.2 Å². The van der Waals surface area contributed by atoms with Crippen LogP contribution in [0.1, 0.15) is 38.2 Å². The molecule has 2 fully saturated rings. The lowest BCUT2D eigenvalue weighted by atomic mass is 10.1. The Hall–Kier alpha value is -2.08. The highest BCUT2D eigenvalue weighted by Crippen LogP contribution is 2.21. The minimum absolute atomic E-state index is 0.221. The monoisotopic (exact) mass is 344 g/mol. The van der Waals surface area contributed by atoms with Gasteiger partial charge >= 0.3 is 0 Å². The van der Waals surface area contributed by atoms with Crippen LogP contribution in [0.2, 0.25) is 0 Å². The Balaban J connectivity index is 1.64. The van der Waals surface area contributed by atoms with Crippen molar-refractivity contribution in [1.82, 2.24) is 10.2 Å². The second-order valence-electron chi connectivity index (χ2n) is 6.73. The highest BCUT2D eigenvalue weighted by Gasteiger charge is 2.23. The number of nitrogens with zero attached hydrogens (tertiary/aromatic N) is 3. The van der Waals surface area contributed by atoms with Gasteiger partial charge in [-0.15, -0.1) is 0 Å². The molecule has 136 valence electrons. The summed E-state index contributed by atoms with van der Waals surface area (Å²) in [5.74, 6) is 1.08. The number of aliphatic imine (C=N–C) groups is 1. The van der Waals surface area contributed by atoms with Crippen LogP contribution >= 0.6 is 0 Å². The van der Waals surface area contributed by atoms with E-state index in [-0.39, 0.29) is 12.0 Å². The van der Waals surface area contributed by atoms with Crippen molar-refractivity contribution in [2.24, 2.45) is 4.99 Å². The first-order chi connectivity index (χ1) is 12.2. The summed E-state index contributed by atoms with van der Waals surface area (Å²) < 4.78 is 0. The smallest absolute Gasteiger partial charge is 0.226 e. The third-order valence-electron chi connectivity index (χ3n) is 4.78. The van der Waals surface area contributed by atoms with Crippen molar-refractivity contribution < 1.29 is 9.90 Å². The van der Waals surface area contributed by atoms with Gasteiger partial charge in [0.1, 0.15) is 0 Å². The van der Waals surface area contributed by atoms with Gasteiger partial charge in [-0.25, -0.2) is 4.99 Å². The van der Waals surface area contributed by atoms with Crippen molar-refractivity contribution in [3.05, 3.63) is 29.8 Å². The first kappa shape index (κ1) is 17.7. The quantitative estimate of drug-likeness (QED) is 0.645. The zero-order chi connectivity index (χ0) is 17.6. The van der Waals surface area contributed by atoms with E-state index in [2.05, 4.69) is 10.2 Å². The summed E-state index contributed by atoms with van der Waals surface area (Å²) in [4.78, 5) is 20.7. The van der Waals surface area contributed by atoms with E-state index in [9.17, 15) is 9.90 Å². The number of β-amino-alcohol motifs (C(OH)–C–C–N with tert-alkyl or cyclic N) is 1. The summed E-state index contributed by atoms with van der Waals surface area (Å²) in [5.41, 5.74) is 2.09. The SMILES string of the molecule is CCNC(=NCc1ccc(N2CCCCC2=O)cc1)N1CC[C@@H](O)C1. The summed E-state index contributed by atoms with van der Waals surface area (Å²) in [7, 11) is 0. The Morgan fingerprint density at radius 1 is 1.28 bits per heavy atom. The van der Waals surface area contributed by atoms with E-state index < -0.39 is 0 Å². The van der Waals surface area contributed by atoms with Gasteiger partial charge in [0.05, 0.1) is 12.6 Å². The number of aliphatic hydroxyl groups excluding tert-OH is 1. The predicted octanol–water partition coefficient (Wildman–Crippen LogP) is 1.74. The molecular formula is C19H28N4O2. The molecular weight excluding hydrogens is 316 g/mol. The fourth-order valence-corrected chi connectivity index (χ4v) is 3.39. The van der Waals surface area contributed by atoms with Gasteiger partial charge in [-0.05, 0) is 43.9 Å². The summed E-state index contributed by atoms with van der Waals surface area (Å²) in [6.07, 6.45) is 3.26. The van der Waals surface area contributed by atoms with Crippen LogP contribution in [0.3, 0.4) is 0 Å². The molecule has 1 aromatic carbocycles. The van der Waals surface area contributed by atoms with Gasteiger partial charge in [0, 0.05) is 38.3 Å². The van der Waals surface area contributed by atoms with E-state index in [4.69, 9.17) is 4.99 Å². The maximum atomic E-state index is 12.0. The van der Waals surface area contributed by atoms with Gasteiger partial charge in [-0.2, -0.15) is 0 Å². The number of benzene rings is 1. The molecule has 1 atom stereocenters. The molecule has 0 aromatic heterocycles. The Bertz CT molecular complexity index is 614. The molecule has 1 aromatic rings. The number of hydrogen-bond acceptors (Lipinski definition) is 3. The van der Waals surface area contributed by atoms with Crippen LogP contribution in [0.15, 0.2) is 29.3 Å². The number of carbonyl (C=O) groups is 1. The molecule has 2 heterocycles. The molecule has 0 radical (unpaired) electrons. The molecule has 6 heteroatoms. The Morgan fingerprint density at radius 2 is 2.08 bits per heavy atom. The normalized spacial score (nSPS) is 21.8. The Labute approximate surface area is 149 Å². The molecule has 2 aliphatic heterocycles. The number of piperidine rings is 1. The van der Waals surface area contributed by atoms with Gasteiger partial charge in [0.25, 0.3) is 0 Å². The number of anilines is 1. The van der Waals surface area contributed by atoms with Crippen molar-refractivity contribution in [1.29, 1.82) is 0 Å². The van der Waals surface area contributed by atoms with E-state index in [0.717, 1.165) is 56.1 Å². The fourth-order valence-electron chi connectivity index (χ4n) is 3.39. The molecule has 0 spiro atoms. The van der Waals surface area contributed by atoms with Crippen LogP contribution in [-0.4, -0.2) is 54.2 Å². The number of carbonyl (C=O) groups excluding carboxylic acids is 1. The minimum Gasteiger partial charge on any atom is -0.391 e. The number of likely N-dealkylation sites (tertiary alicyclic amines) is 1. The average molecular weight is 344 g/mol. The topological polar surface area (TPSA) is 68.2 Å². The van der Waals surface area contributed by atoms with E-state index in [1.54, 1.807) is 0 Å². The summed E-state index contributed by atoms with van der Waals surface area (Å²) in [6.45, 7) is 5.74.